The lowest BCUT2D eigenvalue weighted by atomic mass is 10.2. The standard InChI is InChI=1S/C17H12Cl4N4/c18-11-3-5-13(6-4-11)25-17-15(16(21)23-9-24-17)22-8-10-1-2-12(19)7-14(10)20/h1-7,9,22H,8H2,(H,23,24,25). The van der Waals surface area contributed by atoms with E-state index < -0.39 is 0 Å². The molecule has 8 heteroatoms. The van der Waals surface area contributed by atoms with Crippen LogP contribution in [0.5, 0.6) is 0 Å². The van der Waals surface area contributed by atoms with Crippen LogP contribution < -0.4 is 10.6 Å². The van der Waals surface area contributed by atoms with Crippen LogP contribution in [-0.4, -0.2) is 9.97 Å². The molecular weight excluding hydrogens is 402 g/mol. The molecule has 0 fully saturated rings. The molecule has 1 heterocycles. The summed E-state index contributed by atoms with van der Waals surface area (Å²) in [4.78, 5) is 8.27. The minimum atomic E-state index is 0.302. The highest BCUT2D eigenvalue weighted by Crippen LogP contribution is 2.30. The lowest BCUT2D eigenvalue weighted by Gasteiger charge is -2.14. The molecular formula is C17H12Cl4N4. The summed E-state index contributed by atoms with van der Waals surface area (Å²) in [7, 11) is 0. The number of rotatable bonds is 5. The van der Waals surface area contributed by atoms with E-state index in [1.54, 1.807) is 24.3 Å². The summed E-state index contributed by atoms with van der Waals surface area (Å²) in [5.41, 5.74) is 2.28. The molecule has 0 saturated heterocycles. The molecule has 0 aliphatic carbocycles. The molecule has 4 nitrogen and oxygen atoms in total. The molecule has 128 valence electrons. The van der Waals surface area contributed by atoms with Gasteiger partial charge in [-0.1, -0.05) is 52.5 Å². The number of nitrogens with one attached hydrogen (secondary N) is 2. The summed E-state index contributed by atoms with van der Waals surface area (Å²) in [6.45, 7) is 0.443. The van der Waals surface area contributed by atoms with Crippen LogP contribution in [0, 0.1) is 0 Å². The van der Waals surface area contributed by atoms with Crippen molar-refractivity contribution in [1.82, 2.24) is 9.97 Å². The second-order valence-corrected chi connectivity index (χ2v) is 6.75. The number of hydrogen-bond donors (Lipinski definition) is 2. The monoisotopic (exact) mass is 412 g/mol. The molecule has 0 amide bonds. The molecule has 0 unspecified atom stereocenters. The Morgan fingerprint density at radius 1 is 0.840 bits per heavy atom. The highest BCUT2D eigenvalue weighted by atomic mass is 35.5. The molecule has 3 rings (SSSR count). The molecule has 0 spiro atoms. The third-order valence-corrected chi connectivity index (χ3v) is 4.50. The number of benzene rings is 2. The molecule has 2 N–H and O–H groups in total. The second kappa shape index (κ2) is 8.11. The maximum absolute atomic E-state index is 6.22. The van der Waals surface area contributed by atoms with Crippen LogP contribution in [0.3, 0.4) is 0 Å². The van der Waals surface area contributed by atoms with E-state index in [0.29, 0.717) is 38.3 Å². The predicted octanol–water partition coefficient (Wildman–Crippen LogP) is 6.45. The molecule has 0 saturated carbocycles. The Kier molecular flexibility index (Phi) is 5.86. The molecule has 0 aliphatic heterocycles. The van der Waals surface area contributed by atoms with Gasteiger partial charge in [0.25, 0.3) is 0 Å². The Hall–Kier alpha value is -1.72. The van der Waals surface area contributed by atoms with Gasteiger partial charge in [-0.3, -0.25) is 0 Å². The summed E-state index contributed by atoms with van der Waals surface area (Å²) in [5, 5.41) is 8.52. The van der Waals surface area contributed by atoms with E-state index in [1.807, 2.05) is 18.2 Å². The molecule has 0 bridgehead atoms. The minimum Gasteiger partial charge on any atom is -0.375 e. The van der Waals surface area contributed by atoms with Gasteiger partial charge in [0.2, 0.25) is 0 Å². The first kappa shape index (κ1) is 18.1. The highest BCUT2D eigenvalue weighted by molar-refractivity contribution is 6.35. The number of anilines is 3. The number of nitrogens with zero attached hydrogens (tertiary/aromatic N) is 2. The minimum absolute atomic E-state index is 0.302. The van der Waals surface area contributed by atoms with Crippen molar-refractivity contribution in [2.24, 2.45) is 0 Å². The molecule has 3 aromatic rings. The topological polar surface area (TPSA) is 49.8 Å². The van der Waals surface area contributed by atoms with Crippen LogP contribution in [-0.2, 0) is 6.54 Å². The van der Waals surface area contributed by atoms with Crippen molar-refractivity contribution < 1.29 is 0 Å². The Labute approximate surface area is 165 Å². The molecule has 1 aromatic heterocycles. The van der Waals surface area contributed by atoms with Gasteiger partial charge >= 0.3 is 0 Å². The van der Waals surface area contributed by atoms with Crippen LogP contribution in [0.15, 0.2) is 48.8 Å². The normalized spacial score (nSPS) is 10.6. The summed E-state index contributed by atoms with van der Waals surface area (Å²) in [6, 6.07) is 12.6. The lowest BCUT2D eigenvalue weighted by molar-refractivity contribution is 1.10. The molecule has 0 atom stereocenters. The SMILES string of the molecule is Clc1ccc(Nc2ncnc(Cl)c2NCc2ccc(Cl)cc2Cl)cc1. The summed E-state index contributed by atoms with van der Waals surface area (Å²) in [6.07, 6.45) is 1.39. The third kappa shape index (κ3) is 4.67. The van der Waals surface area contributed by atoms with Crippen molar-refractivity contribution in [3.63, 3.8) is 0 Å². The largest absolute Gasteiger partial charge is 0.375 e. The van der Waals surface area contributed by atoms with Gasteiger partial charge in [0.15, 0.2) is 11.0 Å². The number of halogens is 4. The zero-order chi connectivity index (χ0) is 17.8. The van der Waals surface area contributed by atoms with Crippen LogP contribution in [0.2, 0.25) is 20.2 Å². The predicted molar refractivity (Wildman–Crippen MR) is 106 cm³/mol. The van der Waals surface area contributed by atoms with Gasteiger partial charge in [-0.05, 0) is 42.0 Å². The van der Waals surface area contributed by atoms with Gasteiger partial charge in [0.1, 0.15) is 12.0 Å². The number of aromatic nitrogens is 2. The fourth-order valence-electron chi connectivity index (χ4n) is 2.13. The Bertz CT molecular complexity index is 884. The summed E-state index contributed by atoms with van der Waals surface area (Å²) < 4.78 is 0. The van der Waals surface area contributed by atoms with E-state index in [1.165, 1.54) is 6.33 Å². The van der Waals surface area contributed by atoms with Gasteiger partial charge in [0, 0.05) is 27.3 Å². The Morgan fingerprint density at radius 2 is 1.56 bits per heavy atom. The Morgan fingerprint density at radius 3 is 2.28 bits per heavy atom. The van der Waals surface area contributed by atoms with Gasteiger partial charge in [-0.25, -0.2) is 9.97 Å². The van der Waals surface area contributed by atoms with Gasteiger partial charge in [0.05, 0.1) is 0 Å². The van der Waals surface area contributed by atoms with E-state index in [0.717, 1.165) is 11.3 Å². The second-order valence-electron chi connectivity index (χ2n) is 5.11. The smallest absolute Gasteiger partial charge is 0.158 e. The highest BCUT2D eigenvalue weighted by Gasteiger charge is 2.11. The fraction of sp³-hybridized carbons (Fsp3) is 0.0588. The van der Waals surface area contributed by atoms with Crippen LogP contribution in [0.1, 0.15) is 5.56 Å². The van der Waals surface area contributed by atoms with Gasteiger partial charge < -0.3 is 10.6 Å². The average Bonchev–Trinajstić information content (AvgIpc) is 2.58. The zero-order valence-corrected chi connectivity index (χ0v) is 15.8. The van der Waals surface area contributed by atoms with Crippen molar-refractivity contribution in [2.75, 3.05) is 10.6 Å². The van der Waals surface area contributed by atoms with Gasteiger partial charge in [-0.2, -0.15) is 0 Å². The van der Waals surface area contributed by atoms with E-state index >= 15 is 0 Å². The first-order valence-corrected chi connectivity index (χ1v) is 8.75. The van der Waals surface area contributed by atoms with E-state index in [2.05, 4.69) is 20.6 Å². The quantitative estimate of drug-likeness (QED) is 0.472. The number of hydrogen-bond acceptors (Lipinski definition) is 4. The molecule has 0 radical (unpaired) electrons. The molecule has 0 aliphatic rings. The molecule has 25 heavy (non-hydrogen) atoms. The van der Waals surface area contributed by atoms with Gasteiger partial charge in [-0.15, -0.1) is 0 Å². The van der Waals surface area contributed by atoms with Crippen molar-refractivity contribution in [3.05, 3.63) is 74.6 Å². The van der Waals surface area contributed by atoms with Crippen molar-refractivity contribution >= 4 is 63.6 Å². The average molecular weight is 414 g/mol. The maximum Gasteiger partial charge on any atom is 0.158 e. The third-order valence-electron chi connectivity index (χ3n) is 3.38. The maximum atomic E-state index is 6.22. The first-order valence-electron chi connectivity index (χ1n) is 7.24. The van der Waals surface area contributed by atoms with Crippen LogP contribution >= 0.6 is 46.4 Å². The Balaban J connectivity index is 1.81. The summed E-state index contributed by atoms with van der Waals surface area (Å²) >= 11 is 24.3. The van der Waals surface area contributed by atoms with Crippen LogP contribution in [0.25, 0.3) is 0 Å². The first-order chi connectivity index (χ1) is 12.0. The summed E-state index contributed by atoms with van der Waals surface area (Å²) in [5.74, 6) is 0.549. The van der Waals surface area contributed by atoms with E-state index in [-0.39, 0.29) is 0 Å². The lowest BCUT2D eigenvalue weighted by Crippen LogP contribution is -2.06. The van der Waals surface area contributed by atoms with Crippen molar-refractivity contribution in [1.29, 1.82) is 0 Å². The van der Waals surface area contributed by atoms with E-state index in [9.17, 15) is 0 Å². The van der Waals surface area contributed by atoms with Crippen molar-refractivity contribution in [3.8, 4) is 0 Å². The van der Waals surface area contributed by atoms with Crippen LogP contribution in [0.4, 0.5) is 17.2 Å². The molecule has 2 aromatic carbocycles. The fourth-order valence-corrected chi connectivity index (χ4v) is 2.94. The van der Waals surface area contributed by atoms with Crippen molar-refractivity contribution in [2.45, 2.75) is 6.54 Å². The zero-order valence-electron chi connectivity index (χ0n) is 12.7. The van der Waals surface area contributed by atoms with E-state index in [4.69, 9.17) is 46.4 Å².